The third-order valence-corrected chi connectivity index (χ3v) is 4.06. The average molecular weight is 289 g/mol. The van der Waals surface area contributed by atoms with E-state index in [1.165, 1.54) is 0 Å². The number of carbonyl (C=O) groups excluding carboxylic acids is 1. The molecule has 114 valence electrons. The highest BCUT2D eigenvalue weighted by molar-refractivity contribution is 5.94. The number of likely N-dealkylation sites (tertiary alicyclic amines) is 1. The van der Waals surface area contributed by atoms with Gasteiger partial charge in [-0.3, -0.25) is 9.59 Å². The second-order valence-corrected chi connectivity index (χ2v) is 5.71. The highest BCUT2D eigenvalue weighted by Gasteiger charge is 2.21. The summed E-state index contributed by atoms with van der Waals surface area (Å²) in [6, 6.07) is 7.50. The number of carboxylic acid groups (broad SMARTS) is 1. The predicted octanol–water partition coefficient (Wildman–Crippen LogP) is 3.28. The average Bonchev–Trinajstić information content (AvgIpc) is 3.00. The number of nitrogens with zero attached hydrogens (tertiary/aromatic N) is 1. The molecule has 1 amide bonds. The number of carboxylic acids is 1. The van der Waals surface area contributed by atoms with Gasteiger partial charge in [-0.25, -0.2) is 0 Å². The minimum atomic E-state index is -0.787. The molecule has 0 aromatic heterocycles. The monoisotopic (exact) mass is 289 g/mol. The third kappa shape index (κ3) is 4.06. The fourth-order valence-electron chi connectivity index (χ4n) is 2.97. The van der Waals surface area contributed by atoms with Gasteiger partial charge >= 0.3 is 5.97 Å². The van der Waals surface area contributed by atoms with Crippen molar-refractivity contribution < 1.29 is 14.7 Å². The third-order valence-electron chi connectivity index (χ3n) is 4.06. The Labute approximate surface area is 125 Å². The fraction of sp³-hybridized carbons (Fsp3) is 0.529. The van der Waals surface area contributed by atoms with Crippen LogP contribution < -0.4 is 0 Å². The van der Waals surface area contributed by atoms with Crippen LogP contribution in [0.25, 0.3) is 0 Å². The molecule has 1 heterocycles. The van der Waals surface area contributed by atoms with Gasteiger partial charge in [0.05, 0.1) is 6.42 Å². The number of benzene rings is 1. The quantitative estimate of drug-likeness (QED) is 0.874. The lowest BCUT2D eigenvalue weighted by atomic mass is 9.90. The van der Waals surface area contributed by atoms with Gasteiger partial charge < -0.3 is 10.0 Å². The van der Waals surface area contributed by atoms with E-state index < -0.39 is 5.97 Å². The molecular formula is C17H23NO3. The molecule has 1 saturated heterocycles. The fourth-order valence-corrected chi connectivity index (χ4v) is 2.97. The molecule has 1 fully saturated rings. The first-order valence-corrected chi connectivity index (χ1v) is 7.73. The molecule has 1 unspecified atom stereocenters. The first-order valence-electron chi connectivity index (χ1n) is 7.73. The zero-order chi connectivity index (χ0) is 15.2. The van der Waals surface area contributed by atoms with Crippen LogP contribution in [0.5, 0.6) is 0 Å². The highest BCUT2D eigenvalue weighted by atomic mass is 16.4. The van der Waals surface area contributed by atoms with Gasteiger partial charge in [0.15, 0.2) is 0 Å². The Kier molecular flexibility index (Phi) is 5.37. The number of amides is 1. The van der Waals surface area contributed by atoms with Gasteiger partial charge in [-0.05, 0) is 42.9 Å². The minimum absolute atomic E-state index is 0.0150. The molecule has 0 bridgehead atoms. The van der Waals surface area contributed by atoms with Gasteiger partial charge in [-0.15, -0.1) is 0 Å². The maximum Gasteiger partial charge on any atom is 0.303 e. The summed E-state index contributed by atoms with van der Waals surface area (Å²) in [6.45, 7) is 3.71. The van der Waals surface area contributed by atoms with Crippen molar-refractivity contribution in [3.05, 3.63) is 35.4 Å². The molecule has 1 aromatic rings. The number of rotatable bonds is 6. The van der Waals surface area contributed by atoms with E-state index in [9.17, 15) is 9.59 Å². The van der Waals surface area contributed by atoms with Gasteiger partial charge in [0.1, 0.15) is 0 Å². The number of aliphatic carboxylic acids is 1. The summed E-state index contributed by atoms with van der Waals surface area (Å²) >= 11 is 0. The van der Waals surface area contributed by atoms with Crippen molar-refractivity contribution >= 4 is 11.9 Å². The van der Waals surface area contributed by atoms with Crippen molar-refractivity contribution in [2.24, 2.45) is 0 Å². The molecule has 1 atom stereocenters. The Balaban J connectivity index is 2.18. The van der Waals surface area contributed by atoms with Gasteiger partial charge in [0.2, 0.25) is 0 Å². The zero-order valence-corrected chi connectivity index (χ0v) is 12.5. The molecule has 1 aliphatic rings. The molecule has 2 rings (SSSR count). The molecule has 0 spiro atoms. The summed E-state index contributed by atoms with van der Waals surface area (Å²) in [5, 5.41) is 9.05. The van der Waals surface area contributed by atoms with Crippen molar-refractivity contribution in [2.75, 3.05) is 13.1 Å². The van der Waals surface area contributed by atoms with Crippen LogP contribution in [0.4, 0.5) is 0 Å². The number of hydrogen-bond acceptors (Lipinski definition) is 2. The Morgan fingerprint density at radius 1 is 1.29 bits per heavy atom. The van der Waals surface area contributed by atoms with E-state index in [0.29, 0.717) is 5.56 Å². The van der Waals surface area contributed by atoms with E-state index >= 15 is 0 Å². The summed E-state index contributed by atoms with van der Waals surface area (Å²) in [5.74, 6) is -0.733. The van der Waals surface area contributed by atoms with Crippen LogP contribution in [0.15, 0.2) is 24.3 Å². The van der Waals surface area contributed by atoms with Crippen LogP contribution in [0, 0.1) is 0 Å². The van der Waals surface area contributed by atoms with Crippen molar-refractivity contribution in [3.63, 3.8) is 0 Å². The van der Waals surface area contributed by atoms with Crippen molar-refractivity contribution in [1.29, 1.82) is 0 Å². The lowest BCUT2D eigenvalue weighted by molar-refractivity contribution is -0.137. The Bertz CT molecular complexity index is 507. The van der Waals surface area contributed by atoms with E-state index in [1.807, 2.05) is 36.1 Å². The standard InChI is InChI=1S/C17H23NO3/c1-2-6-13(12-16(19)20)14-7-5-8-15(11-14)17(21)18-9-3-4-10-18/h5,7-8,11,13H,2-4,6,9-10,12H2,1H3,(H,19,20). The molecule has 21 heavy (non-hydrogen) atoms. The van der Waals surface area contributed by atoms with E-state index in [-0.39, 0.29) is 18.2 Å². The van der Waals surface area contributed by atoms with Crippen LogP contribution >= 0.6 is 0 Å². The topological polar surface area (TPSA) is 57.6 Å². The first-order chi connectivity index (χ1) is 10.1. The van der Waals surface area contributed by atoms with Gasteiger partial charge in [-0.1, -0.05) is 25.5 Å². The van der Waals surface area contributed by atoms with Crippen molar-refractivity contribution in [1.82, 2.24) is 4.90 Å². The van der Waals surface area contributed by atoms with E-state index in [2.05, 4.69) is 0 Å². The van der Waals surface area contributed by atoms with E-state index in [4.69, 9.17) is 5.11 Å². The first kappa shape index (κ1) is 15.5. The van der Waals surface area contributed by atoms with Crippen LogP contribution in [0.2, 0.25) is 0 Å². The van der Waals surface area contributed by atoms with Crippen LogP contribution in [-0.2, 0) is 4.79 Å². The second-order valence-electron chi connectivity index (χ2n) is 5.71. The maximum absolute atomic E-state index is 12.4. The summed E-state index contributed by atoms with van der Waals surface area (Å²) in [4.78, 5) is 25.3. The van der Waals surface area contributed by atoms with E-state index in [1.54, 1.807) is 0 Å². The summed E-state index contributed by atoms with van der Waals surface area (Å²) < 4.78 is 0. The Morgan fingerprint density at radius 3 is 2.62 bits per heavy atom. The maximum atomic E-state index is 12.4. The van der Waals surface area contributed by atoms with Crippen molar-refractivity contribution in [2.45, 2.75) is 44.9 Å². The lowest BCUT2D eigenvalue weighted by Gasteiger charge is -2.18. The van der Waals surface area contributed by atoms with E-state index in [0.717, 1.165) is 44.3 Å². The molecule has 0 saturated carbocycles. The lowest BCUT2D eigenvalue weighted by Crippen LogP contribution is -2.27. The zero-order valence-electron chi connectivity index (χ0n) is 12.5. The molecule has 1 aliphatic heterocycles. The number of carbonyl (C=O) groups is 2. The molecule has 1 aromatic carbocycles. The SMILES string of the molecule is CCCC(CC(=O)O)c1cccc(C(=O)N2CCCC2)c1. The molecule has 1 N–H and O–H groups in total. The number of hydrogen-bond donors (Lipinski definition) is 1. The van der Waals surface area contributed by atoms with Crippen LogP contribution in [0.1, 0.15) is 60.9 Å². The van der Waals surface area contributed by atoms with Crippen molar-refractivity contribution in [3.8, 4) is 0 Å². The van der Waals surface area contributed by atoms with Crippen LogP contribution in [-0.4, -0.2) is 35.0 Å². The molecule has 0 aliphatic carbocycles. The predicted molar refractivity (Wildman–Crippen MR) is 81.5 cm³/mol. The van der Waals surface area contributed by atoms with Crippen LogP contribution in [0.3, 0.4) is 0 Å². The molecule has 0 radical (unpaired) electrons. The molecular weight excluding hydrogens is 266 g/mol. The summed E-state index contributed by atoms with van der Waals surface area (Å²) in [7, 11) is 0. The summed E-state index contributed by atoms with van der Waals surface area (Å²) in [6.07, 6.45) is 4.02. The van der Waals surface area contributed by atoms with Gasteiger partial charge in [-0.2, -0.15) is 0 Å². The molecule has 4 heteroatoms. The Hall–Kier alpha value is -1.84. The second kappa shape index (κ2) is 7.25. The molecule has 4 nitrogen and oxygen atoms in total. The Morgan fingerprint density at radius 2 is 2.00 bits per heavy atom. The smallest absolute Gasteiger partial charge is 0.303 e. The summed E-state index contributed by atoms with van der Waals surface area (Å²) in [5.41, 5.74) is 1.64. The minimum Gasteiger partial charge on any atom is -0.481 e. The van der Waals surface area contributed by atoms with Gasteiger partial charge in [0, 0.05) is 18.7 Å². The normalized spacial score (nSPS) is 16.0. The largest absolute Gasteiger partial charge is 0.481 e. The highest BCUT2D eigenvalue weighted by Crippen LogP contribution is 2.26. The van der Waals surface area contributed by atoms with Gasteiger partial charge in [0.25, 0.3) is 5.91 Å².